The molecule has 0 atom stereocenters. The van der Waals surface area contributed by atoms with Crippen molar-refractivity contribution in [2.45, 2.75) is 0 Å². The van der Waals surface area contributed by atoms with E-state index in [2.05, 4.69) is 0 Å². The van der Waals surface area contributed by atoms with E-state index < -0.39 is 5.97 Å². The fraction of sp³-hybridized carbons (Fsp3) is 0.0435. The summed E-state index contributed by atoms with van der Waals surface area (Å²) in [5.41, 5.74) is 1.98. The summed E-state index contributed by atoms with van der Waals surface area (Å²) >= 11 is 0. The zero-order valence-electron chi connectivity index (χ0n) is 14.8. The van der Waals surface area contributed by atoms with E-state index in [0.29, 0.717) is 22.6 Å². The number of hydrogen-bond acceptors (Lipinski definition) is 4. The van der Waals surface area contributed by atoms with Gasteiger partial charge in [0, 0.05) is 17.2 Å². The van der Waals surface area contributed by atoms with E-state index in [1.807, 2.05) is 42.5 Å². The number of carbonyl (C=O) groups is 2. The summed E-state index contributed by atoms with van der Waals surface area (Å²) in [6.07, 6.45) is 3.00. The van der Waals surface area contributed by atoms with Gasteiger partial charge in [0.25, 0.3) is 0 Å². The summed E-state index contributed by atoms with van der Waals surface area (Å²) in [4.78, 5) is 24.3. The maximum Gasteiger partial charge on any atom is 0.336 e. The normalized spacial score (nSPS) is 10.6. The molecule has 4 nitrogen and oxygen atoms in total. The molecule has 27 heavy (non-hydrogen) atoms. The maximum absolute atomic E-state index is 12.4. The van der Waals surface area contributed by atoms with Crippen molar-refractivity contribution in [3.05, 3.63) is 102 Å². The minimum absolute atomic E-state index is 0.0774. The van der Waals surface area contributed by atoms with E-state index in [1.54, 1.807) is 49.6 Å². The van der Waals surface area contributed by atoms with Gasteiger partial charge in [-0.1, -0.05) is 42.5 Å². The first kappa shape index (κ1) is 18.1. The van der Waals surface area contributed by atoms with Crippen LogP contribution in [0.1, 0.15) is 21.5 Å². The highest BCUT2D eigenvalue weighted by Gasteiger charge is 2.09. The number of hydrogen-bond donors (Lipinski definition) is 0. The summed E-state index contributed by atoms with van der Waals surface area (Å²) in [6.45, 7) is 0. The van der Waals surface area contributed by atoms with Gasteiger partial charge >= 0.3 is 5.97 Å². The topological polar surface area (TPSA) is 52.6 Å². The van der Waals surface area contributed by atoms with E-state index in [0.717, 1.165) is 5.56 Å². The van der Waals surface area contributed by atoms with Crippen molar-refractivity contribution in [3.63, 3.8) is 0 Å². The molecule has 4 heteroatoms. The third kappa shape index (κ3) is 4.92. The van der Waals surface area contributed by atoms with Crippen molar-refractivity contribution in [2.24, 2.45) is 0 Å². The van der Waals surface area contributed by atoms with Gasteiger partial charge < -0.3 is 9.47 Å². The van der Waals surface area contributed by atoms with Crippen LogP contribution in [0.5, 0.6) is 11.5 Å². The molecule has 0 aromatic heterocycles. The van der Waals surface area contributed by atoms with Crippen LogP contribution in [0.25, 0.3) is 6.08 Å². The third-order valence-electron chi connectivity index (χ3n) is 3.88. The standard InChI is InChI=1S/C23H18O4/c1-26-21-9-5-6-17(16-21)10-15-22(24)27-20-13-11-19(12-14-20)23(25)18-7-3-2-4-8-18/h2-16H,1H3. The van der Waals surface area contributed by atoms with Crippen LogP contribution in [0.15, 0.2) is 84.9 Å². The summed E-state index contributed by atoms with van der Waals surface area (Å²) in [7, 11) is 1.59. The van der Waals surface area contributed by atoms with Gasteiger partial charge in [-0.2, -0.15) is 0 Å². The largest absolute Gasteiger partial charge is 0.497 e. The van der Waals surface area contributed by atoms with E-state index in [9.17, 15) is 9.59 Å². The molecule has 0 unspecified atom stereocenters. The first-order valence-corrected chi connectivity index (χ1v) is 8.39. The number of rotatable bonds is 6. The zero-order valence-corrected chi connectivity index (χ0v) is 14.8. The first-order chi connectivity index (χ1) is 13.2. The molecule has 0 N–H and O–H groups in total. The lowest BCUT2D eigenvalue weighted by atomic mass is 10.0. The Labute approximate surface area is 157 Å². The number of esters is 1. The quantitative estimate of drug-likeness (QED) is 0.281. The summed E-state index contributed by atoms with van der Waals surface area (Å²) < 4.78 is 10.4. The zero-order chi connectivity index (χ0) is 19.1. The molecule has 0 amide bonds. The highest BCUT2D eigenvalue weighted by molar-refractivity contribution is 6.09. The average Bonchev–Trinajstić information content (AvgIpc) is 2.73. The van der Waals surface area contributed by atoms with Crippen molar-refractivity contribution >= 4 is 17.8 Å². The lowest BCUT2D eigenvalue weighted by molar-refractivity contribution is -0.128. The second-order valence-electron chi connectivity index (χ2n) is 5.75. The fourth-order valence-electron chi connectivity index (χ4n) is 2.49. The van der Waals surface area contributed by atoms with E-state index >= 15 is 0 Å². The number of ketones is 1. The van der Waals surface area contributed by atoms with Gasteiger partial charge in [0.05, 0.1) is 7.11 Å². The molecule has 0 heterocycles. The minimum Gasteiger partial charge on any atom is -0.497 e. The molecule has 134 valence electrons. The Balaban J connectivity index is 1.63. The molecule has 0 radical (unpaired) electrons. The van der Waals surface area contributed by atoms with E-state index in [-0.39, 0.29) is 5.78 Å². The predicted octanol–water partition coefficient (Wildman–Crippen LogP) is 4.55. The number of methoxy groups -OCH3 is 1. The summed E-state index contributed by atoms with van der Waals surface area (Å²) in [5, 5.41) is 0. The second-order valence-corrected chi connectivity index (χ2v) is 5.75. The summed E-state index contributed by atoms with van der Waals surface area (Å²) in [5.74, 6) is 0.510. The number of benzene rings is 3. The molecule has 3 aromatic rings. The van der Waals surface area contributed by atoms with Crippen molar-refractivity contribution in [3.8, 4) is 11.5 Å². The Bertz CT molecular complexity index is 957. The Morgan fingerprint density at radius 2 is 1.48 bits per heavy atom. The highest BCUT2D eigenvalue weighted by Crippen LogP contribution is 2.17. The molecule has 3 rings (SSSR count). The molecule has 0 bridgehead atoms. The molecular formula is C23H18O4. The van der Waals surface area contributed by atoms with Gasteiger partial charge in [0.2, 0.25) is 0 Å². The fourth-order valence-corrected chi connectivity index (χ4v) is 2.49. The Kier molecular flexibility index (Phi) is 5.80. The molecule has 0 spiro atoms. The van der Waals surface area contributed by atoms with Gasteiger partial charge in [-0.05, 0) is 48.0 Å². The van der Waals surface area contributed by atoms with Crippen molar-refractivity contribution in [1.82, 2.24) is 0 Å². The maximum atomic E-state index is 12.4. The molecule has 0 saturated carbocycles. The number of carbonyl (C=O) groups excluding carboxylic acids is 2. The highest BCUT2D eigenvalue weighted by atomic mass is 16.5. The lowest BCUT2D eigenvalue weighted by Crippen LogP contribution is -2.05. The Morgan fingerprint density at radius 3 is 2.19 bits per heavy atom. The van der Waals surface area contributed by atoms with Crippen LogP contribution in [0.2, 0.25) is 0 Å². The van der Waals surface area contributed by atoms with Crippen LogP contribution in [-0.2, 0) is 4.79 Å². The molecule has 0 aliphatic carbocycles. The SMILES string of the molecule is COc1cccc(C=CC(=O)Oc2ccc(C(=O)c3ccccc3)cc2)c1. The second kappa shape index (κ2) is 8.63. The molecular weight excluding hydrogens is 340 g/mol. The van der Waals surface area contributed by atoms with Crippen molar-refractivity contribution in [1.29, 1.82) is 0 Å². The van der Waals surface area contributed by atoms with Crippen molar-refractivity contribution < 1.29 is 19.1 Å². The molecule has 3 aromatic carbocycles. The molecule has 0 aliphatic rings. The lowest BCUT2D eigenvalue weighted by Gasteiger charge is -2.04. The van der Waals surface area contributed by atoms with Gasteiger partial charge in [-0.15, -0.1) is 0 Å². The van der Waals surface area contributed by atoms with E-state index in [4.69, 9.17) is 9.47 Å². The molecule has 0 fully saturated rings. The Morgan fingerprint density at radius 1 is 0.778 bits per heavy atom. The van der Waals surface area contributed by atoms with Crippen LogP contribution >= 0.6 is 0 Å². The Hall–Kier alpha value is -3.66. The van der Waals surface area contributed by atoms with Crippen LogP contribution in [0.3, 0.4) is 0 Å². The van der Waals surface area contributed by atoms with Crippen LogP contribution < -0.4 is 9.47 Å². The van der Waals surface area contributed by atoms with Gasteiger partial charge in [-0.3, -0.25) is 4.79 Å². The van der Waals surface area contributed by atoms with Gasteiger partial charge in [0.1, 0.15) is 11.5 Å². The van der Waals surface area contributed by atoms with Crippen LogP contribution in [0, 0.1) is 0 Å². The van der Waals surface area contributed by atoms with Crippen molar-refractivity contribution in [2.75, 3.05) is 7.11 Å². The predicted molar refractivity (Wildman–Crippen MR) is 104 cm³/mol. The average molecular weight is 358 g/mol. The minimum atomic E-state index is -0.500. The summed E-state index contributed by atoms with van der Waals surface area (Å²) in [6, 6.07) is 22.9. The van der Waals surface area contributed by atoms with Gasteiger partial charge in [0.15, 0.2) is 5.78 Å². The monoisotopic (exact) mass is 358 g/mol. The first-order valence-electron chi connectivity index (χ1n) is 8.39. The van der Waals surface area contributed by atoms with Crippen LogP contribution in [0.4, 0.5) is 0 Å². The third-order valence-corrected chi connectivity index (χ3v) is 3.88. The van der Waals surface area contributed by atoms with Gasteiger partial charge in [-0.25, -0.2) is 4.79 Å². The van der Waals surface area contributed by atoms with E-state index in [1.165, 1.54) is 6.08 Å². The molecule has 0 saturated heterocycles. The smallest absolute Gasteiger partial charge is 0.336 e. The molecule has 0 aliphatic heterocycles. The van der Waals surface area contributed by atoms with Crippen LogP contribution in [-0.4, -0.2) is 18.9 Å². The number of ether oxygens (including phenoxy) is 2.